The molecule has 0 aliphatic heterocycles. The molecule has 0 aliphatic carbocycles. The standard InChI is InChI=1S/C7H11BrFN/c1-3-10-7(9)4-6(2)5-8/h3-4,6H,5H2,1-2H3/b7-4-,10-3-. The molecule has 10 heavy (non-hydrogen) atoms. The molecule has 0 rings (SSSR count). The monoisotopic (exact) mass is 207 g/mol. The minimum absolute atomic E-state index is 0.198. The number of alkyl halides is 1. The summed E-state index contributed by atoms with van der Waals surface area (Å²) in [6, 6.07) is 0. The van der Waals surface area contributed by atoms with Gasteiger partial charge in [-0.25, -0.2) is 4.99 Å². The van der Waals surface area contributed by atoms with Gasteiger partial charge in [-0.05, 0) is 18.9 Å². The van der Waals surface area contributed by atoms with E-state index < -0.39 is 5.95 Å². The first kappa shape index (κ1) is 9.82. The molecule has 58 valence electrons. The number of rotatable bonds is 3. The molecule has 0 saturated heterocycles. The molecule has 0 N–H and O–H groups in total. The highest BCUT2D eigenvalue weighted by Crippen LogP contribution is 2.07. The van der Waals surface area contributed by atoms with Crippen LogP contribution in [0.4, 0.5) is 4.39 Å². The van der Waals surface area contributed by atoms with Gasteiger partial charge in [0, 0.05) is 11.5 Å². The first-order chi connectivity index (χ1) is 4.70. The van der Waals surface area contributed by atoms with E-state index in [0.717, 1.165) is 5.33 Å². The molecule has 0 fully saturated rings. The molecular formula is C7H11BrFN. The van der Waals surface area contributed by atoms with E-state index in [4.69, 9.17) is 0 Å². The topological polar surface area (TPSA) is 12.4 Å². The largest absolute Gasteiger partial charge is 0.233 e. The predicted molar refractivity (Wildman–Crippen MR) is 46.3 cm³/mol. The van der Waals surface area contributed by atoms with Crippen molar-refractivity contribution in [1.29, 1.82) is 0 Å². The maximum atomic E-state index is 12.5. The van der Waals surface area contributed by atoms with Crippen LogP contribution in [0.1, 0.15) is 13.8 Å². The van der Waals surface area contributed by atoms with E-state index in [1.54, 1.807) is 6.92 Å². The molecule has 1 atom stereocenters. The third-order valence-electron chi connectivity index (χ3n) is 0.918. The van der Waals surface area contributed by atoms with Crippen molar-refractivity contribution >= 4 is 22.1 Å². The van der Waals surface area contributed by atoms with Gasteiger partial charge in [-0.15, -0.1) is 0 Å². The van der Waals surface area contributed by atoms with Crippen LogP contribution in [0.25, 0.3) is 0 Å². The SMILES string of the molecule is C/C=N\C(F)=C/C(C)CBr. The quantitative estimate of drug-likeness (QED) is 0.384. The zero-order chi connectivity index (χ0) is 7.98. The molecule has 1 unspecified atom stereocenters. The van der Waals surface area contributed by atoms with Gasteiger partial charge in [0.05, 0.1) is 0 Å². The van der Waals surface area contributed by atoms with Crippen LogP contribution in [-0.2, 0) is 0 Å². The summed E-state index contributed by atoms with van der Waals surface area (Å²) in [7, 11) is 0. The second-order valence-electron chi connectivity index (χ2n) is 2.01. The Hall–Kier alpha value is -0.180. The first-order valence-electron chi connectivity index (χ1n) is 3.12. The lowest BCUT2D eigenvalue weighted by molar-refractivity contribution is 0.611. The van der Waals surface area contributed by atoms with Crippen molar-refractivity contribution in [3.63, 3.8) is 0 Å². The number of allylic oxidation sites excluding steroid dienone is 1. The zero-order valence-corrected chi connectivity index (χ0v) is 7.73. The van der Waals surface area contributed by atoms with Crippen LogP contribution in [0.15, 0.2) is 17.0 Å². The number of hydrogen-bond donors (Lipinski definition) is 0. The Labute approximate surface area is 69.2 Å². The molecule has 0 aliphatic rings. The zero-order valence-electron chi connectivity index (χ0n) is 6.14. The van der Waals surface area contributed by atoms with Gasteiger partial charge in [0.1, 0.15) is 0 Å². The summed E-state index contributed by atoms with van der Waals surface area (Å²) in [5.41, 5.74) is 0. The Morgan fingerprint density at radius 2 is 2.40 bits per heavy atom. The molecule has 0 heterocycles. The van der Waals surface area contributed by atoms with E-state index >= 15 is 0 Å². The Morgan fingerprint density at radius 1 is 1.80 bits per heavy atom. The van der Waals surface area contributed by atoms with E-state index in [0.29, 0.717) is 0 Å². The van der Waals surface area contributed by atoms with E-state index in [1.165, 1.54) is 12.3 Å². The van der Waals surface area contributed by atoms with Crippen molar-refractivity contribution in [3.8, 4) is 0 Å². The molecule has 0 aromatic rings. The summed E-state index contributed by atoms with van der Waals surface area (Å²) < 4.78 is 12.5. The third kappa shape index (κ3) is 4.68. The molecule has 0 radical (unpaired) electrons. The second kappa shape index (κ2) is 5.59. The van der Waals surface area contributed by atoms with Crippen molar-refractivity contribution in [3.05, 3.63) is 12.0 Å². The van der Waals surface area contributed by atoms with Crippen LogP contribution >= 0.6 is 15.9 Å². The summed E-state index contributed by atoms with van der Waals surface area (Å²) in [4.78, 5) is 3.46. The molecule has 0 bridgehead atoms. The van der Waals surface area contributed by atoms with Gasteiger partial charge < -0.3 is 0 Å². The third-order valence-corrected chi connectivity index (χ3v) is 1.94. The molecule has 0 spiro atoms. The number of nitrogens with zero attached hydrogens (tertiary/aromatic N) is 1. The van der Waals surface area contributed by atoms with Crippen molar-refractivity contribution < 1.29 is 4.39 Å². The average Bonchev–Trinajstić information content (AvgIpc) is 1.88. The summed E-state index contributed by atoms with van der Waals surface area (Å²) in [5, 5.41) is 0.764. The Morgan fingerprint density at radius 3 is 2.80 bits per heavy atom. The van der Waals surface area contributed by atoms with Crippen LogP contribution in [-0.4, -0.2) is 11.5 Å². The van der Waals surface area contributed by atoms with Crippen molar-refractivity contribution in [1.82, 2.24) is 0 Å². The molecule has 0 aromatic carbocycles. The first-order valence-corrected chi connectivity index (χ1v) is 4.24. The lowest BCUT2D eigenvalue weighted by Crippen LogP contribution is -1.89. The lowest BCUT2D eigenvalue weighted by atomic mass is 10.2. The Balaban J connectivity index is 3.89. The maximum Gasteiger partial charge on any atom is 0.208 e. The van der Waals surface area contributed by atoms with Crippen molar-refractivity contribution in [2.75, 3.05) is 5.33 Å². The predicted octanol–water partition coefficient (Wildman–Crippen LogP) is 2.92. The fraction of sp³-hybridized carbons (Fsp3) is 0.571. The van der Waals surface area contributed by atoms with Crippen LogP contribution in [0.5, 0.6) is 0 Å². The highest BCUT2D eigenvalue weighted by molar-refractivity contribution is 9.09. The summed E-state index contributed by atoms with van der Waals surface area (Å²) >= 11 is 3.23. The fourth-order valence-corrected chi connectivity index (χ4v) is 0.633. The van der Waals surface area contributed by atoms with Crippen LogP contribution < -0.4 is 0 Å². The number of hydrogen-bond acceptors (Lipinski definition) is 1. The van der Waals surface area contributed by atoms with Gasteiger partial charge in [-0.1, -0.05) is 22.9 Å². The van der Waals surface area contributed by atoms with Gasteiger partial charge in [-0.2, -0.15) is 4.39 Å². The fourth-order valence-electron chi connectivity index (χ4n) is 0.446. The van der Waals surface area contributed by atoms with Gasteiger partial charge in [0.25, 0.3) is 0 Å². The van der Waals surface area contributed by atoms with E-state index in [1.807, 2.05) is 6.92 Å². The van der Waals surface area contributed by atoms with E-state index in [9.17, 15) is 4.39 Å². The van der Waals surface area contributed by atoms with Crippen molar-refractivity contribution in [2.45, 2.75) is 13.8 Å². The minimum atomic E-state index is -0.408. The molecule has 1 nitrogen and oxygen atoms in total. The van der Waals surface area contributed by atoms with Gasteiger partial charge >= 0.3 is 0 Å². The summed E-state index contributed by atoms with van der Waals surface area (Å²) in [6.07, 6.45) is 2.92. The van der Waals surface area contributed by atoms with Crippen LogP contribution in [0.3, 0.4) is 0 Å². The van der Waals surface area contributed by atoms with Gasteiger partial charge in [-0.3, -0.25) is 0 Å². The Bertz CT molecular complexity index is 143. The molecule has 3 heteroatoms. The smallest absolute Gasteiger partial charge is 0.208 e. The normalized spacial score (nSPS) is 16.2. The molecule has 0 aromatic heterocycles. The minimum Gasteiger partial charge on any atom is -0.233 e. The number of aliphatic imine (C=N–C) groups is 1. The van der Waals surface area contributed by atoms with E-state index in [-0.39, 0.29) is 5.92 Å². The Kier molecular flexibility index (Phi) is 5.49. The summed E-state index contributed by atoms with van der Waals surface area (Å²) in [6.45, 7) is 3.60. The molecule has 0 amide bonds. The summed E-state index contributed by atoms with van der Waals surface area (Å²) in [5.74, 6) is -0.210. The highest BCUT2D eigenvalue weighted by Gasteiger charge is 1.96. The van der Waals surface area contributed by atoms with Gasteiger partial charge in [0.15, 0.2) is 0 Å². The molecular weight excluding hydrogens is 197 g/mol. The van der Waals surface area contributed by atoms with Gasteiger partial charge in [0.2, 0.25) is 5.95 Å². The lowest BCUT2D eigenvalue weighted by Gasteiger charge is -1.96. The van der Waals surface area contributed by atoms with Crippen molar-refractivity contribution in [2.24, 2.45) is 10.9 Å². The average molecular weight is 208 g/mol. The van der Waals surface area contributed by atoms with Crippen LogP contribution in [0.2, 0.25) is 0 Å². The van der Waals surface area contributed by atoms with E-state index in [2.05, 4.69) is 20.9 Å². The highest BCUT2D eigenvalue weighted by atomic mass is 79.9. The second-order valence-corrected chi connectivity index (χ2v) is 2.66. The maximum absolute atomic E-state index is 12.5. The van der Waals surface area contributed by atoms with Crippen LogP contribution in [0, 0.1) is 5.92 Å². The number of halogens is 2. The molecule has 0 saturated carbocycles.